The first kappa shape index (κ1) is 22.8. The topological polar surface area (TPSA) is 94.7 Å². The predicted octanol–water partition coefficient (Wildman–Crippen LogP) is 5.21. The molecule has 0 radical (unpaired) electrons. The van der Waals surface area contributed by atoms with Crippen LogP contribution in [0.2, 0.25) is 0 Å². The highest BCUT2D eigenvalue weighted by atomic mass is 32.2. The molecule has 4 aliphatic heterocycles. The number of aromatic amines is 1. The largest absolute Gasteiger partial charge is 0.335 e. The standard InChI is InChI=1S/C25H33N3O5S/c1-5-20(29)28-23-26-18-9-7-15(12-19(18)27-23)34-21-14(3)17-8-6-13(2)16-10-11-24(4)31-22(30-21)25(16,17)33-32-24/h7,9,12-14,16-17,21-22H,5-6,8,10-11H2,1-4H3,(H2,26,27,28,29)/t13-,14-,16+,17?,21?,22-,24+,25-/m1/s1. The maximum Gasteiger partial charge on any atom is 0.226 e. The summed E-state index contributed by atoms with van der Waals surface area (Å²) in [5, 5.41) is 2.79. The van der Waals surface area contributed by atoms with Crippen LogP contribution < -0.4 is 5.32 Å². The van der Waals surface area contributed by atoms with E-state index in [4.69, 9.17) is 19.2 Å². The molecular formula is C25H33N3O5S. The van der Waals surface area contributed by atoms with Crippen molar-refractivity contribution < 1.29 is 24.0 Å². The molecule has 7 rings (SSSR count). The Labute approximate surface area is 203 Å². The van der Waals surface area contributed by atoms with E-state index in [1.54, 1.807) is 11.8 Å². The smallest absolute Gasteiger partial charge is 0.226 e. The molecule has 2 aromatic rings. The molecule has 5 fully saturated rings. The van der Waals surface area contributed by atoms with Gasteiger partial charge >= 0.3 is 0 Å². The summed E-state index contributed by atoms with van der Waals surface area (Å²) in [6.45, 7) is 8.38. The number of anilines is 1. The maximum absolute atomic E-state index is 11.7. The van der Waals surface area contributed by atoms with Gasteiger partial charge in [0.05, 0.1) is 11.0 Å². The summed E-state index contributed by atoms with van der Waals surface area (Å²) in [6.07, 6.45) is 4.10. The first-order chi connectivity index (χ1) is 16.3. The van der Waals surface area contributed by atoms with Crippen LogP contribution in [0.25, 0.3) is 11.0 Å². The highest BCUT2D eigenvalue weighted by molar-refractivity contribution is 7.99. The van der Waals surface area contributed by atoms with Crippen molar-refractivity contribution in [2.75, 3.05) is 5.32 Å². The van der Waals surface area contributed by atoms with Crippen molar-refractivity contribution in [1.82, 2.24) is 9.97 Å². The number of H-pyrrole nitrogens is 1. The summed E-state index contributed by atoms with van der Waals surface area (Å²) in [5.74, 6) is 1.14. The summed E-state index contributed by atoms with van der Waals surface area (Å²) < 4.78 is 13.2. The van der Waals surface area contributed by atoms with Crippen LogP contribution in [-0.2, 0) is 24.0 Å². The molecule has 1 aromatic heterocycles. The van der Waals surface area contributed by atoms with E-state index in [1.807, 2.05) is 19.9 Å². The minimum atomic E-state index is -0.762. The zero-order valence-electron chi connectivity index (χ0n) is 20.1. The zero-order valence-corrected chi connectivity index (χ0v) is 20.9. The highest BCUT2D eigenvalue weighted by Gasteiger charge is 2.69. The molecule has 1 amide bonds. The van der Waals surface area contributed by atoms with Crippen molar-refractivity contribution >= 4 is 34.7 Å². The third-order valence-corrected chi connectivity index (χ3v) is 9.68. The summed E-state index contributed by atoms with van der Waals surface area (Å²) in [5.41, 5.74) is 1.10. The van der Waals surface area contributed by atoms with E-state index in [0.717, 1.165) is 35.2 Å². The normalized spacial score (nSPS) is 41.2. The Hall–Kier alpha value is -1.65. The van der Waals surface area contributed by atoms with Gasteiger partial charge in [0.1, 0.15) is 5.44 Å². The lowest BCUT2D eigenvalue weighted by Crippen LogP contribution is -2.70. The molecular weight excluding hydrogens is 454 g/mol. The molecule has 2 unspecified atom stereocenters. The molecule has 5 aliphatic rings. The van der Waals surface area contributed by atoms with Crippen molar-refractivity contribution in [3.63, 3.8) is 0 Å². The lowest BCUT2D eigenvalue weighted by atomic mass is 9.58. The summed E-state index contributed by atoms with van der Waals surface area (Å²) in [4.78, 5) is 32.7. The molecule has 1 saturated carbocycles. The zero-order chi connectivity index (χ0) is 23.7. The Morgan fingerprint density at radius 3 is 2.91 bits per heavy atom. The fraction of sp³-hybridized carbons (Fsp3) is 0.680. The van der Waals surface area contributed by atoms with Gasteiger partial charge in [0.2, 0.25) is 17.6 Å². The van der Waals surface area contributed by atoms with E-state index in [9.17, 15) is 4.79 Å². The van der Waals surface area contributed by atoms with Crippen LogP contribution in [0.5, 0.6) is 0 Å². The predicted molar refractivity (Wildman–Crippen MR) is 128 cm³/mol. The summed E-state index contributed by atoms with van der Waals surface area (Å²) in [7, 11) is 0. The number of fused-ring (bicyclic) bond motifs is 3. The molecule has 34 heavy (non-hydrogen) atoms. The maximum atomic E-state index is 11.7. The number of aromatic nitrogens is 2. The van der Waals surface area contributed by atoms with Crippen LogP contribution in [0, 0.1) is 23.7 Å². The Kier molecular flexibility index (Phi) is 5.50. The number of ether oxygens (including phenoxy) is 2. The molecule has 8 nitrogen and oxygen atoms in total. The summed E-state index contributed by atoms with van der Waals surface area (Å²) in [6, 6.07) is 6.11. The molecule has 9 heteroatoms. The van der Waals surface area contributed by atoms with E-state index in [2.05, 4.69) is 41.3 Å². The number of benzene rings is 1. The van der Waals surface area contributed by atoms with Crippen molar-refractivity contribution in [2.24, 2.45) is 23.7 Å². The van der Waals surface area contributed by atoms with E-state index in [1.165, 1.54) is 6.42 Å². The van der Waals surface area contributed by atoms with Crippen molar-refractivity contribution in [3.8, 4) is 0 Å². The fourth-order valence-electron chi connectivity index (χ4n) is 6.48. The lowest BCUT2D eigenvalue weighted by Gasteiger charge is -2.60. The average Bonchev–Trinajstić information content (AvgIpc) is 3.07. The molecule has 2 N–H and O–H groups in total. The van der Waals surface area contributed by atoms with Gasteiger partial charge < -0.3 is 14.5 Å². The molecule has 1 aromatic carbocycles. The second-order valence-corrected chi connectivity index (χ2v) is 11.7. The molecule has 1 spiro atoms. The number of imidazole rings is 1. The third-order valence-electron chi connectivity index (χ3n) is 8.38. The van der Waals surface area contributed by atoms with Crippen molar-refractivity contribution in [1.29, 1.82) is 0 Å². The van der Waals surface area contributed by atoms with Gasteiger partial charge in [-0.1, -0.05) is 32.5 Å². The van der Waals surface area contributed by atoms with Crippen LogP contribution in [0.1, 0.15) is 59.8 Å². The second kappa shape index (κ2) is 8.20. The average molecular weight is 488 g/mol. The van der Waals surface area contributed by atoms with Gasteiger partial charge in [0, 0.05) is 23.7 Å². The number of hydrogen-bond donors (Lipinski definition) is 2. The van der Waals surface area contributed by atoms with Crippen LogP contribution in [-0.4, -0.2) is 39.0 Å². The molecule has 4 saturated heterocycles. The van der Waals surface area contributed by atoms with Gasteiger partial charge in [-0.2, -0.15) is 0 Å². The van der Waals surface area contributed by atoms with E-state index in [0.29, 0.717) is 30.1 Å². The first-order valence-corrected chi connectivity index (χ1v) is 13.4. The van der Waals surface area contributed by atoms with Crippen molar-refractivity contribution in [2.45, 2.75) is 87.8 Å². The highest BCUT2D eigenvalue weighted by Crippen LogP contribution is 2.61. The lowest BCUT2D eigenvalue weighted by molar-refractivity contribution is -0.568. The van der Waals surface area contributed by atoms with Gasteiger partial charge in [-0.05, 0) is 62.1 Å². The number of nitrogens with one attached hydrogen (secondary N) is 2. The first-order valence-electron chi connectivity index (χ1n) is 12.5. The number of amides is 1. The van der Waals surface area contributed by atoms with E-state index >= 15 is 0 Å². The van der Waals surface area contributed by atoms with E-state index < -0.39 is 17.7 Å². The quantitative estimate of drug-likeness (QED) is 0.572. The van der Waals surface area contributed by atoms with Crippen LogP contribution in [0.3, 0.4) is 0 Å². The number of nitrogens with zero attached hydrogens (tertiary/aromatic N) is 1. The monoisotopic (exact) mass is 487 g/mol. The van der Waals surface area contributed by atoms with Crippen LogP contribution in [0.4, 0.5) is 5.95 Å². The molecule has 1 aliphatic carbocycles. The number of rotatable bonds is 4. The van der Waals surface area contributed by atoms with Crippen molar-refractivity contribution in [3.05, 3.63) is 18.2 Å². The SMILES string of the molecule is CCC(=O)Nc1nc2ccc(SC3O[C@@H]4O[C@]5(C)CC[C@H]6[C@H](C)CCC([C@H]3C)[C@@]46OO5)cc2[nH]1. The van der Waals surface area contributed by atoms with Gasteiger partial charge in [-0.25, -0.2) is 14.8 Å². The van der Waals surface area contributed by atoms with Gasteiger partial charge in [-0.3, -0.25) is 10.1 Å². The Balaban J connectivity index is 1.27. The Morgan fingerprint density at radius 1 is 1.24 bits per heavy atom. The molecule has 2 bridgehead atoms. The minimum absolute atomic E-state index is 0.0651. The number of carbonyl (C=O) groups excluding carboxylic acids is 1. The molecule has 184 valence electrons. The fourth-order valence-corrected chi connectivity index (χ4v) is 7.64. The Morgan fingerprint density at radius 2 is 2.09 bits per heavy atom. The number of carbonyl (C=O) groups is 1. The Bertz CT molecular complexity index is 1110. The molecule has 8 atom stereocenters. The summed E-state index contributed by atoms with van der Waals surface area (Å²) >= 11 is 1.71. The van der Waals surface area contributed by atoms with Gasteiger partial charge in [0.15, 0.2) is 11.9 Å². The van der Waals surface area contributed by atoms with Crippen LogP contribution >= 0.6 is 11.8 Å². The number of thioether (sulfide) groups is 1. The third kappa shape index (κ3) is 3.51. The van der Waals surface area contributed by atoms with E-state index in [-0.39, 0.29) is 17.3 Å². The van der Waals surface area contributed by atoms with Gasteiger partial charge in [-0.15, -0.1) is 0 Å². The van der Waals surface area contributed by atoms with Gasteiger partial charge in [0.25, 0.3) is 0 Å². The minimum Gasteiger partial charge on any atom is -0.335 e. The molecule has 5 heterocycles. The number of hydrogen-bond acceptors (Lipinski definition) is 7. The second-order valence-electron chi connectivity index (χ2n) is 10.6. The van der Waals surface area contributed by atoms with Crippen LogP contribution in [0.15, 0.2) is 23.1 Å².